The Kier molecular flexibility index (Phi) is 5.70. The number of fused-ring (bicyclic) bond motifs is 3. The summed E-state index contributed by atoms with van der Waals surface area (Å²) < 4.78 is 19.5. The van der Waals surface area contributed by atoms with Crippen molar-refractivity contribution >= 4 is 22.4 Å². The van der Waals surface area contributed by atoms with E-state index in [-0.39, 0.29) is 5.56 Å². The summed E-state index contributed by atoms with van der Waals surface area (Å²) in [5, 5.41) is 4.39. The summed E-state index contributed by atoms with van der Waals surface area (Å²) in [4.78, 5) is 24.2. The SMILES string of the molecule is CCOc1cc(CN2CCN(c3cccc(F)n3)CC2)cc2[nH]c(=O)c3c(c12)NCCC3. The molecule has 0 spiro atoms. The van der Waals surface area contributed by atoms with Gasteiger partial charge in [-0.25, -0.2) is 4.98 Å². The Balaban J connectivity index is 1.38. The first-order valence-electron chi connectivity index (χ1n) is 11.3. The van der Waals surface area contributed by atoms with Crippen LogP contribution in [0.15, 0.2) is 35.1 Å². The maximum Gasteiger partial charge on any atom is 0.253 e. The molecule has 2 aliphatic heterocycles. The maximum absolute atomic E-state index is 13.5. The Morgan fingerprint density at radius 3 is 2.81 bits per heavy atom. The van der Waals surface area contributed by atoms with E-state index in [9.17, 15) is 9.18 Å². The topological polar surface area (TPSA) is 73.5 Å². The average Bonchev–Trinajstić information content (AvgIpc) is 2.80. The molecule has 0 aliphatic carbocycles. The van der Waals surface area contributed by atoms with E-state index < -0.39 is 5.95 Å². The molecule has 32 heavy (non-hydrogen) atoms. The van der Waals surface area contributed by atoms with Gasteiger partial charge in [0, 0.05) is 44.8 Å². The summed E-state index contributed by atoms with van der Waals surface area (Å²) in [6.45, 7) is 7.43. The molecule has 2 aromatic heterocycles. The first-order chi connectivity index (χ1) is 15.6. The number of benzene rings is 1. The number of hydrogen-bond donors (Lipinski definition) is 2. The number of hydrogen-bond acceptors (Lipinski definition) is 6. The van der Waals surface area contributed by atoms with Crippen LogP contribution in [0.1, 0.15) is 24.5 Å². The average molecular weight is 438 g/mol. The van der Waals surface area contributed by atoms with Crippen LogP contribution >= 0.6 is 0 Å². The van der Waals surface area contributed by atoms with E-state index in [1.54, 1.807) is 6.07 Å². The van der Waals surface area contributed by atoms with E-state index in [4.69, 9.17) is 4.74 Å². The smallest absolute Gasteiger partial charge is 0.253 e. The van der Waals surface area contributed by atoms with Crippen molar-refractivity contribution in [3.63, 3.8) is 0 Å². The van der Waals surface area contributed by atoms with Gasteiger partial charge in [0.25, 0.3) is 5.56 Å². The fourth-order valence-electron chi connectivity index (χ4n) is 4.73. The summed E-state index contributed by atoms with van der Waals surface area (Å²) in [7, 11) is 0. The lowest BCUT2D eigenvalue weighted by atomic mass is 9.99. The van der Waals surface area contributed by atoms with Gasteiger partial charge in [-0.05, 0) is 49.6 Å². The van der Waals surface area contributed by atoms with Gasteiger partial charge in [0.1, 0.15) is 11.6 Å². The molecule has 3 aromatic rings. The molecule has 0 bridgehead atoms. The van der Waals surface area contributed by atoms with Gasteiger partial charge in [-0.2, -0.15) is 4.39 Å². The fourth-order valence-corrected chi connectivity index (χ4v) is 4.73. The number of nitrogens with zero attached hydrogens (tertiary/aromatic N) is 3. The third kappa shape index (κ3) is 4.02. The molecule has 7 nitrogen and oxygen atoms in total. The zero-order chi connectivity index (χ0) is 22.1. The Morgan fingerprint density at radius 1 is 1.19 bits per heavy atom. The van der Waals surface area contributed by atoms with Crippen molar-refractivity contribution in [1.82, 2.24) is 14.9 Å². The van der Waals surface area contributed by atoms with Crippen LogP contribution in [0.5, 0.6) is 5.75 Å². The van der Waals surface area contributed by atoms with Gasteiger partial charge in [-0.3, -0.25) is 9.69 Å². The first-order valence-corrected chi connectivity index (χ1v) is 11.3. The van der Waals surface area contributed by atoms with Crippen LogP contribution in [0.3, 0.4) is 0 Å². The summed E-state index contributed by atoms with van der Waals surface area (Å²) in [6, 6.07) is 9.08. The highest BCUT2D eigenvalue weighted by atomic mass is 19.1. The number of ether oxygens (including phenoxy) is 1. The largest absolute Gasteiger partial charge is 0.493 e. The van der Waals surface area contributed by atoms with Gasteiger partial charge >= 0.3 is 0 Å². The van der Waals surface area contributed by atoms with E-state index in [1.165, 1.54) is 6.07 Å². The van der Waals surface area contributed by atoms with Crippen molar-refractivity contribution in [3.8, 4) is 5.75 Å². The third-order valence-corrected chi connectivity index (χ3v) is 6.24. The number of aromatic nitrogens is 2. The minimum absolute atomic E-state index is 0.0180. The molecule has 5 rings (SSSR count). The lowest BCUT2D eigenvalue weighted by Gasteiger charge is -2.35. The predicted molar refractivity (Wildman–Crippen MR) is 124 cm³/mol. The van der Waals surface area contributed by atoms with Crippen molar-refractivity contribution in [3.05, 3.63) is 57.8 Å². The number of piperazine rings is 1. The Bertz CT molecular complexity index is 1190. The highest BCUT2D eigenvalue weighted by molar-refractivity contribution is 5.98. The second-order valence-corrected chi connectivity index (χ2v) is 8.37. The molecule has 2 aliphatic rings. The summed E-state index contributed by atoms with van der Waals surface area (Å²) in [5.41, 5.74) is 3.63. The number of halogens is 1. The van der Waals surface area contributed by atoms with Crippen molar-refractivity contribution in [2.45, 2.75) is 26.3 Å². The first kappa shape index (κ1) is 20.8. The molecule has 0 unspecified atom stereocenters. The van der Waals surface area contributed by atoms with Crippen LogP contribution in [0.2, 0.25) is 0 Å². The molecular weight excluding hydrogens is 409 g/mol. The van der Waals surface area contributed by atoms with Gasteiger partial charge in [0.05, 0.1) is 23.2 Å². The normalized spacial score (nSPS) is 16.6. The fraction of sp³-hybridized carbons (Fsp3) is 0.417. The van der Waals surface area contributed by atoms with E-state index in [0.717, 1.165) is 85.6 Å². The standard InChI is InChI=1S/C24H28FN5O2/c1-2-32-19-14-16(13-18-22(19)23-17(24(31)27-18)5-4-8-26-23)15-29-9-11-30(12-10-29)21-7-3-6-20(25)28-21/h3,6-7,13-14,26H,2,4-5,8-12,15H2,1H3,(H,27,31). The van der Waals surface area contributed by atoms with Gasteiger partial charge in [-0.15, -0.1) is 0 Å². The van der Waals surface area contributed by atoms with Crippen molar-refractivity contribution in [1.29, 1.82) is 0 Å². The summed E-state index contributed by atoms with van der Waals surface area (Å²) in [6.07, 6.45) is 1.74. The van der Waals surface area contributed by atoms with Crippen LogP contribution in [0, 0.1) is 5.95 Å². The third-order valence-electron chi connectivity index (χ3n) is 6.24. The second kappa shape index (κ2) is 8.78. The molecule has 0 atom stereocenters. The van der Waals surface area contributed by atoms with Crippen LogP contribution in [-0.4, -0.2) is 54.2 Å². The van der Waals surface area contributed by atoms with Gasteiger partial charge < -0.3 is 19.9 Å². The number of H-pyrrole nitrogens is 1. The molecule has 1 aromatic carbocycles. The van der Waals surface area contributed by atoms with Crippen molar-refractivity contribution in [2.24, 2.45) is 0 Å². The molecule has 0 radical (unpaired) electrons. The number of anilines is 2. The van der Waals surface area contributed by atoms with E-state index in [0.29, 0.717) is 12.4 Å². The van der Waals surface area contributed by atoms with Gasteiger partial charge in [0.2, 0.25) is 5.95 Å². The lowest BCUT2D eigenvalue weighted by molar-refractivity contribution is 0.248. The van der Waals surface area contributed by atoms with Crippen LogP contribution in [0.25, 0.3) is 10.9 Å². The molecule has 0 saturated carbocycles. The van der Waals surface area contributed by atoms with Crippen LogP contribution in [0.4, 0.5) is 15.9 Å². The van der Waals surface area contributed by atoms with Crippen LogP contribution < -0.4 is 20.5 Å². The summed E-state index contributed by atoms with van der Waals surface area (Å²) in [5.74, 6) is 1.04. The Morgan fingerprint density at radius 2 is 2.03 bits per heavy atom. The monoisotopic (exact) mass is 437 g/mol. The minimum Gasteiger partial charge on any atom is -0.493 e. The van der Waals surface area contributed by atoms with Crippen molar-refractivity contribution in [2.75, 3.05) is 49.5 Å². The zero-order valence-corrected chi connectivity index (χ0v) is 18.3. The van der Waals surface area contributed by atoms with E-state index >= 15 is 0 Å². The number of aromatic amines is 1. The Labute approximate surface area is 186 Å². The summed E-state index contributed by atoms with van der Waals surface area (Å²) >= 11 is 0. The highest BCUT2D eigenvalue weighted by Crippen LogP contribution is 2.36. The number of rotatable bonds is 5. The zero-order valence-electron chi connectivity index (χ0n) is 18.3. The molecule has 0 amide bonds. The molecular formula is C24H28FN5O2. The molecule has 8 heteroatoms. The lowest BCUT2D eigenvalue weighted by Crippen LogP contribution is -2.46. The van der Waals surface area contributed by atoms with Crippen molar-refractivity contribution < 1.29 is 9.13 Å². The highest BCUT2D eigenvalue weighted by Gasteiger charge is 2.22. The van der Waals surface area contributed by atoms with Gasteiger partial charge in [0.15, 0.2) is 0 Å². The van der Waals surface area contributed by atoms with E-state index in [1.807, 2.05) is 13.0 Å². The minimum atomic E-state index is -0.449. The molecule has 1 fully saturated rings. The second-order valence-electron chi connectivity index (χ2n) is 8.37. The molecule has 1 saturated heterocycles. The molecule has 168 valence electrons. The molecule has 4 heterocycles. The molecule has 2 N–H and O–H groups in total. The number of pyridine rings is 2. The van der Waals surface area contributed by atoms with E-state index in [2.05, 4.69) is 37.2 Å². The van der Waals surface area contributed by atoms with Gasteiger partial charge in [-0.1, -0.05) is 6.07 Å². The quantitative estimate of drug-likeness (QED) is 0.598. The number of nitrogens with one attached hydrogen (secondary N) is 2. The van der Waals surface area contributed by atoms with Crippen LogP contribution in [-0.2, 0) is 13.0 Å². The Hall–Kier alpha value is -3.13. The maximum atomic E-state index is 13.5. The predicted octanol–water partition coefficient (Wildman–Crippen LogP) is 3.14.